The van der Waals surface area contributed by atoms with Crippen molar-refractivity contribution < 1.29 is 31.1 Å². The average molecular weight is 329 g/mol. The third-order valence-corrected chi connectivity index (χ3v) is 2.66. The zero-order chi connectivity index (χ0) is 14.4. The van der Waals surface area contributed by atoms with Gasteiger partial charge in [-0.05, 0) is 24.3 Å². The molecular formula is C15H14N2NiO3. The molecule has 0 unspecified atom stereocenters. The normalized spacial score (nSPS) is 9.95. The minimum atomic E-state index is -0.316. The Morgan fingerprint density at radius 1 is 1.19 bits per heavy atom. The van der Waals surface area contributed by atoms with Crippen molar-refractivity contribution in [3.05, 3.63) is 59.7 Å². The van der Waals surface area contributed by atoms with E-state index >= 15 is 0 Å². The predicted molar refractivity (Wildman–Crippen MR) is 76.2 cm³/mol. The van der Waals surface area contributed by atoms with E-state index in [-0.39, 0.29) is 28.1 Å². The summed E-state index contributed by atoms with van der Waals surface area (Å²) in [5, 5.41) is 13.7. The van der Waals surface area contributed by atoms with E-state index in [0.29, 0.717) is 16.9 Å². The van der Waals surface area contributed by atoms with Crippen LogP contribution >= 0.6 is 0 Å². The number of hydrogen-bond donors (Lipinski definition) is 2. The van der Waals surface area contributed by atoms with Crippen molar-refractivity contribution >= 4 is 12.1 Å². The van der Waals surface area contributed by atoms with Gasteiger partial charge < -0.3 is 9.84 Å². The molecule has 0 fully saturated rings. The summed E-state index contributed by atoms with van der Waals surface area (Å²) in [6, 6.07) is 13.8. The van der Waals surface area contributed by atoms with Crippen LogP contribution in [0.15, 0.2) is 53.6 Å². The number of methoxy groups -OCH3 is 1. The number of amides is 1. The molecule has 0 bridgehead atoms. The van der Waals surface area contributed by atoms with Crippen LogP contribution in [0.25, 0.3) is 0 Å². The molecule has 0 radical (unpaired) electrons. The second kappa shape index (κ2) is 8.07. The van der Waals surface area contributed by atoms with Crippen molar-refractivity contribution in [3.63, 3.8) is 0 Å². The SMILES string of the molecule is COc1cccc(C=NNC(=O)c2ccccc2)c1O.[Ni]. The Kier molecular flexibility index (Phi) is 6.43. The van der Waals surface area contributed by atoms with Crippen molar-refractivity contribution in [3.8, 4) is 11.5 Å². The molecule has 5 nitrogen and oxygen atoms in total. The summed E-state index contributed by atoms with van der Waals surface area (Å²) < 4.78 is 4.98. The first-order chi connectivity index (χ1) is 9.72. The maximum absolute atomic E-state index is 11.7. The van der Waals surface area contributed by atoms with Crippen LogP contribution in [0.5, 0.6) is 11.5 Å². The summed E-state index contributed by atoms with van der Waals surface area (Å²) in [7, 11) is 1.47. The van der Waals surface area contributed by atoms with Gasteiger partial charge in [0, 0.05) is 27.6 Å². The number of aromatic hydroxyl groups is 1. The number of carbonyl (C=O) groups excluding carboxylic acids is 1. The second-order valence-electron chi connectivity index (χ2n) is 3.96. The van der Waals surface area contributed by atoms with E-state index in [2.05, 4.69) is 10.5 Å². The number of hydrazone groups is 1. The van der Waals surface area contributed by atoms with Gasteiger partial charge in [-0.2, -0.15) is 5.10 Å². The van der Waals surface area contributed by atoms with Crippen molar-refractivity contribution in [2.75, 3.05) is 7.11 Å². The van der Waals surface area contributed by atoms with E-state index in [0.717, 1.165) is 0 Å². The molecule has 0 heterocycles. The van der Waals surface area contributed by atoms with Crippen LogP contribution in [-0.2, 0) is 16.5 Å². The summed E-state index contributed by atoms with van der Waals surface area (Å²) in [4.78, 5) is 11.7. The number of ether oxygens (including phenoxy) is 1. The number of phenols is 1. The van der Waals surface area contributed by atoms with Gasteiger partial charge >= 0.3 is 0 Å². The fourth-order valence-corrected chi connectivity index (χ4v) is 1.62. The van der Waals surface area contributed by atoms with Crippen molar-refractivity contribution in [2.24, 2.45) is 5.10 Å². The number of hydrogen-bond acceptors (Lipinski definition) is 4. The van der Waals surface area contributed by atoms with Gasteiger partial charge in [0.15, 0.2) is 11.5 Å². The molecule has 21 heavy (non-hydrogen) atoms. The molecule has 0 atom stereocenters. The Labute approximate surface area is 132 Å². The van der Waals surface area contributed by atoms with E-state index in [1.54, 1.807) is 42.5 Å². The Morgan fingerprint density at radius 3 is 2.57 bits per heavy atom. The van der Waals surface area contributed by atoms with Gasteiger partial charge in [-0.3, -0.25) is 4.79 Å². The number of nitrogens with zero attached hydrogens (tertiary/aromatic N) is 1. The summed E-state index contributed by atoms with van der Waals surface area (Å²) in [5.74, 6) is 0.0141. The summed E-state index contributed by atoms with van der Waals surface area (Å²) in [5.41, 5.74) is 3.36. The van der Waals surface area contributed by atoms with Crippen molar-refractivity contribution in [1.82, 2.24) is 5.43 Å². The second-order valence-corrected chi connectivity index (χ2v) is 3.96. The van der Waals surface area contributed by atoms with Crippen LogP contribution in [0, 0.1) is 0 Å². The number of phenolic OH excluding ortho intramolecular Hbond substituents is 1. The quantitative estimate of drug-likeness (QED) is 0.513. The number of benzene rings is 2. The standard InChI is InChI=1S/C15H14N2O3.Ni/c1-20-13-9-5-8-12(14(13)18)10-16-17-15(19)11-6-3-2-4-7-11;/h2-10,18H,1H3,(H,17,19);. The Bertz CT molecular complexity index is 630. The maximum atomic E-state index is 11.7. The smallest absolute Gasteiger partial charge is 0.271 e. The molecule has 0 aromatic heterocycles. The maximum Gasteiger partial charge on any atom is 0.271 e. The molecule has 6 heteroatoms. The van der Waals surface area contributed by atoms with Crippen LogP contribution in [0.2, 0.25) is 0 Å². The molecular weight excluding hydrogens is 315 g/mol. The zero-order valence-corrected chi connectivity index (χ0v) is 12.2. The van der Waals surface area contributed by atoms with E-state index in [4.69, 9.17) is 4.74 Å². The first kappa shape index (κ1) is 16.7. The average Bonchev–Trinajstić information content (AvgIpc) is 2.49. The minimum absolute atomic E-state index is 0. The Balaban J connectivity index is 0.00000220. The van der Waals surface area contributed by atoms with Crippen LogP contribution in [0.3, 0.4) is 0 Å². The Hall–Kier alpha value is -2.33. The third-order valence-electron chi connectivity index (χ3n) is 2.66. The largest absolute Gasteiger partial charge is 0.504 e. The van der Waals surface area contributed by atoms with Crippen LogP contribution in [-0.4, -0.2) is 24.3 Å². The van der Waals surface area contributed by atoms with E-state index < -0.39 is 0 Å². The molecule has 2 N–H and O–H groups in total. The summed E-state index contributed by atoms with van der Waals surface area (Å²) in [6.07, 6.45) is 1.36. The fourth-order valence-electron chi connectivity index (χ4n) is 1.62. The van der Waals surface area contributed by atoms with Gasteiger partial charge in [-0.15, -0.1) is 0 Å². The number of carbonyl (C=O) groups is 1. The molecule has 2 aromatic rings. The first-order valence-electron chi connectivity index (χ1n) is 5.97. The molecule has 0 saturated heterocycles. The molecule has 0 aliphatic heterocycles. The topological polar surface area (TPSA) is 70.9 Å². The van der Waals surface area contributed by atoms with Gasteiger partial charge in [-0.25, -0.2) is 5.43 Å². The summed E-state index contributed by atoms with van der Waals surface area (Å²) in [6.45, 7) is 0. The Morgan fingerprint density at radius 2 is 1.90 bits per heavy atom. The van der Waals surface area contributed by atoms with E-state index in [9.17, 15) is 9.90 Å². The summed E-state index contributed by atoms with van der Waals surface area (Å²) >= 11 is 0. The third kappa shape index (κ3) is 4.33. The van der Waals surface area contributed by atoms with Gasteiger partial charge in [0.25, 0.3) is 5.91 Å². The van der Waals surface area contributed by atoms with Crippen LogP contribution in [0.1, 0.15) is 15.9 Å². The molecule has 2 rings (SSSR count). The molecule has 0 spiro atoms. The fraction of sp³-hybridized carbons (Fsp3) is 0.0667. The first-order valence-corrected chi connectivity index (χ1v) is 5.97. The van der Waals surface area contributed by atoms with E-state index in [1.165, 1.54) is 13.3 Å². The number of nitrogens with one attached hydrogen (secondary N) is 1. The zero-order valence-electron chi connectivity index (χ0n) is 11.2. The van der Waals surface area contributed by atoms with Crippen LogP contribution in [0.4, 0.5) is 0 Å². The molecule has 0 aliphatic carbocycles. The van der Waals surface area contributed by atoms with Gasteiger partial charge in [-0.1, -0.05) is 24.3 Å². The molecule has 0 saturated carbocycles. The molecule has 2 aromatic carbocycles. The van der Waals surface area contributed by atoms with Crippen molar-refractivity contribution in [2.45, 2.75) is 0 Å². The minimum Gasteiger partial charge on any atom is -0.504 e. The van der Waals surface area contributed by atoms with Gasteiger partial charge in [0.05, 0.1) is 13.3 Å². The molecule has 112 valence electrons. The monoisotopic (exact) mass is 328 g/mol. The van der Waals surface area contributed by atoms with Crippen LogP contribution < -0.4 is 10.2 Å². The van der Waals surface area contributed by atoms with Gasteiger partial charge in [0.2, 0.25) is 0 Å². The number of rotatable bonds is 4. The van der Waals surface area contributed by atoms with Crippen molar-refractivity contribution in [1.29, 1.82) is 0 Å². The van der Waals surface area contributed by atoms with E-state index in [1.807, 2.05) is 6.07 Å². The van der Waals surface area contributed by atoms with Gasteiger partial charge in [0.1, 0.15) is 0 Å². The molecule has 0 aliphatic rings. The number of para-hydroxylation sites is 1. The molecule has 1 amide bonds. The predicted octanol–water partition coefficient (Wildman–Crippen LogP) is 2.16.